The van der Waals surface area contributed by atoms with Gasteiger partial charge in [0, 0.05) is 0 Å². The largest absolute Gasteiger partial charge is 0.468 e. The van der Waals surface area contributed by atoms with E-state index in [-0.39, 0.29) is 0 Å². The summed E-state index contributed by atoms with van der Waals surface area (Å²) < 4.78 is 11.0. The van der Waals surface area contributed by atoms with Gasteiger partial charge in [-0.1, -0.05) is 28.2 Å². The van der Waals surface area contributed by atoms with Gasteiger partial charge in [-0.05, 0) is 23.8 Å². The smallest absolute Gasteiger partial charge is 0.320 e. The number of carbonyl (C=O) groups excluding carboxylic acids is 2. The third kappa shape index (κ3) is 5.15. The second-order valence-corrected chi connectivity index (χ2v) is 3.72. The standard InChI is InChI=1S/C10H15IO4/c1-7(6-11)4-5-8(9(12)14-2)10(13)15-3/h6,8H,4-5H2,1-3H3/b7-6+. The Morgan fingerprint density at radius 1 is 1.27 bits per heavy atom. The molecule has 0 aromatic carbocycles. The average Bonchev–Trinajstić information content (AvgIpc) is 2.27. The Kier molecular flexibility index (Phi) is 7.37. The van der Waals surface area contributed by atoms with Crippen LogP contribution in [0.1, 0.15) is 19.8 Å². The summed E-state index contributed by atoms with van der Waals surface area (Å²) in [5, 5.41) is 0. The highest BCUT2D eigenvalue weighted by molar-refractivity contribution is 14.1. The average molecular weight is 326 g/mol. The highest BCUT2D eigenvalue weighted by Crippen LogP contribution is 2.15. The first-order chi connectivity index (χ1) is 7.06. The Morgan fingerprint density at radius 2 is 1.73 bits per heavy atom. The molecular weight excluding hydrogens is 311 g/mol. The van der Waals surface area contributed by atoms with E-state index in [4.69, 9.17) is 0 Å². The van der Waals surface area contributed by atoms with Crippen LogP contribution in [0, 0.1) is 5.92 Å². The van der Waals surface area contributed by atoms with Crippen LogP contribution >= 0.6 is 22.6 Å². The summed E-state index contributed by atoms with van der Waals surface area (Å²) in [5.74, 6) is -1.89. The van der Waals surface area contributed by atoms with E-state index in [1.165, 1.54) is 14.2 Å². The van der Waals surface area contributed by atoms with Crippen LogP contribution in [0.25, 0.3) is 0 Å². The van der Waals surface area contributed by atoms with Gasteiger partial charge in [0.1, 0.15) is 0 Å². The zero-order valence-corrected chi connectivity index (χ0v) is 11.2. The van der Waals surface area contributed by atoms with Crippen molar-refractivity contribution in [2.75, 3.05) is 14.2 Å². The molecule has 0 N–H and O–H groups in total. The van der Waals surface area contributed by atoms with Crippen molar-refractivity contribution in [3.63, 3.8) is 0 Å². The number of methoxy groups -OCH3 is 2. The summed E-state index contributed by atoms with van der Waals surface area (Å²) in [6.07, 6.45) is 1.10. The zero-order valence-electron chi connectivity index (χ0n) is 9.08. The van der Waals surface area contributed by atoms with Gasteiger partial charge in [-0.15, -0.1) is 0 Å². The summed E-state index contributed by atoms with van der Waals surface area (Å²) in [6, 6.07) is 0. The Hall–Kier alpha value is -0.590. The molecule has 4 nitrogen and oxygen atoms in total. The first kappa shape index (κ1) is 14.4. The second kappa shape index (κ2) is 7.67. The van der Waals surface area contributed by atoms with Crippen molar-refractivity contribution in [2.45, 2.75) is 19.8 Å². The van der Waals surface area contributed by atoms with Crippen molar-refractivity contribution < 1.29 is 19.1 Å². The molecule has 0 aromatic rings. The quantitative estimate of drug-likeness (QED) is 0.441. The minimum atomic E-state index is -0.814. The lowest BCUT2D eigenvalue weighted by Gasteiger charge is -2.11. The predicted octanol–water partition coefficient (Wildman–Crippen LogP) is 2.07. The molecular formula is C10H15IO4. The number of halogens is 1. The van der Waals surface area contributed by atoms with Crippen LogP contribution in [0.4, 0.5) is 0 Å². The van der Waals surface area contributed by atoms with Gasteiger partial charge in [-0.2, -0.15) is 0 Å². The minimum absolute atomic E-state index is 0.421. The first-order valence-electron chi connectivity index (χ1n) is 4.48. The highest BCUT2D eigenvalue weighted by atomic mass is 127. The van der Waals surface area contributed by atoms with E-state index >= 15 is 0 Å². The van der Waals surface area contributed by atoms with Gasteiger partial charge in [0.15, 0.2) is 5.92 Å². The lowest BCUT2D eigenvalue weighted by Crippen LogP contribution is -2.26. The Morgan fingerprint density at radius 3 is 2.07 bits per heavy atom. The van der Waals surface area contributed by atoms with E-state index in [9.17, 15) is 9.59 Å². The summed E-state index contributed by atoms with van der Waals surface area (Å²) in [7, 11) is 2.53. The van der Waals surface area contributed by atoms with Gasteiger partial charge in [-0.3, -0.25) is 9.59 Å². The van der Waals surface area contributed by atoms with E-state index in [1.807, 2.05) is 11.0 Å². The molecule has 0 saturated heterocycles. The van der Waals surface area contributed by atoms with Crippen molar-refractivity contribution in [1.29, 1.82) is 0 Å². The molecule has 0 aromatic heterocycles. The van der Waals surface area contributed by atoms with E-state index < -0.39 is 17.9 Å². The molecule has 15 heavy (non-hydrogen) atoms. The summed E-state index contributed by atoms with van der Waals surface area (Å²) in [6.45, 7) is 1.94. The van der Waals surface area contributed by atoms with Crippen LogP contribution < -0.4 is 0 Å². The molecule has 0 bridgehead atoms. The van der Waals surface area contributed by atoms with Crippen molar-refractivity contribution in [1.82, 2.24) is 0 Å². The van der Waals surface area contributed by atoms with Crippen molar-refractivity contribution in [2.24, 2.45) is 5.92 Å². The van der Waals surface area contributed by atoms with Gasteiger partial charge in [-0.25, -0.2) is 0 Å². The maximum atomic E-state index is 11.3. The van der Waals surface area contributed by atoms with Gasteiger partial charge in [0.05, 0.1) is 14.2 Å². The SMILES string of the molecule is COC(=O)C(CC/C(C)=C/I)C(=O)OC. The molecule has 0 spiro atoms. The van der Waals surface area contributed by atoms with Crippen molar-refractivity contribution in [3.05, 3.63) is 9.66 Å². The van der Waals surface area contributed by atoms with Crippen LogP contribution in [-0.4, -0.2) is 26.2 Å². The van der Waals surface area contributed by atoms with Crippen LogP contribution in [0.3, 0.4) is 0 Å². The number of allylic oxidation sites excluding steroid dienone is 1. The fraction of sp³-hybridized carbons (Fsp3) is 0.600. The molecule has 0 aliphatic rings. The summed E-state index contributed by atoms with van der Waals surface area (Å²) >= 11 is 2.12. The Balaban J connectivity index is 4.39. The summed E-state index contributed by atoms with van der Waals surface area (Å²) in [4.78, 5) is 22.5. The molecule has 86 valence electrons. The van der Waals surface area contributed by atoms with E-state index in [2.05, 4.69) is 32.1 Å². The molecule has 0 unspecified atom stereocenters. The maximum Gasteiger partial charge on any atom is 0.320 e. The number of hydrogen-bond donors (Lipinski definition) is 0. The highest BCUT2D eigenvalue weighted by Gasteiger charge is 2.27. The van der Waals surface area contributed by atoms with Crippen LogP contribution in [0.5, 0.6) is 0 Å². The molecule has 0 fully saturated rings. The van der Waals surface area contributed by atoms with Crippen molar-refractivity contribution in [3.8, 4) is 0 Å². The lowest BCUT2D eigenvalue weighted by atomic mass is 10.0. The van der Waals surface area contributed by atoms with Gasteiger partial charge in [0.25, 0.3) is 0 Å². The molecule has 0 heterocycles. The zero-order chi connectivity index (χ0) is 11.8. The minimum Gasteiger partial charge on any atom is -0.468 e. The number of ether oxygens (including phenoxy) is 2. The molecule has 0 rings (SSSR count). The van der Waals surface area contributed by atoms with E-state index in [1.54, 1.807) is 0 Å². The Labute approximate surface area is 103 Å². The normalized spacial score (nSPS) is 11.4. The maximum absolute atomic E-state index is 11.3. The first-order valence-corrected chi connectivity index (χ1v) is 5.72. The molecule has 5 heteroatoms. The molecule has 0 aliphatic carbocycles. The van der Waals surface area contributed by atoms with E-state index in [0.29, 0.717) is 12.8 Å². The third-order valence-corrected chi connectivity index (χ3v) is 3.05. The second-order valence-electron chi connectivity index (χ2n) is 3.09. The van der Waals surface area contributed by atoms with Crippen LogP contribution in [0.15, 0.2) is 9.66 Å². The lowest BCUT2D eigenvalue weighted by molar-refractivity contribution is -0.159. The van der Waals surface area contributed by atoms with Crippen LogP contribution in [0.2, 0.25) is 0 Å². The summed E-state index contributed by atoms with van der Waals surface area (Å²) in [5.41, 5.74) is 1.12. The number of hydrogen-bond acceptors (Lipinski definition) is 4. The topological polar surface area (TPSA) is 52.6 Å². The number of rotatable bonds is 5. The molecule has 0 amide bonds. The molecule has 0 radical (unpaired) electrons. The van der Waals surface area contributed by atoms with Gasteiger partial charge >= 0.3 is 11.9 Å². The predicted molar refractivity (Wildman–Crippen MR) is 64.5 cm³/mol. The van der Waals surface area contributed by atoms with Gasteiger partial charge in [0.2, 0.25) is 0 Å². The third-order valence-electron chi connectivity index (χ3n) is 1.99. The number of esters is 2. The molecule has 0 aliphatic heterocycles. The molecule has 0 atom stereocenters. The fourth-order valence-electron chi connectivity index (χ4n) is 1.04. The number of carbonyl (C=O) groups is 2. The monoisotopic (exact) mass is 326 g/mol. The van der Waals surface area contributed by atoms with Crippen LogP contribution in [-0.2, 0) is 19.1 Å². The van der Waals surface area contributed by atoms with Crippen molar-refractivity contribution >= 4 is 34.5 Å². The Bertz CT molecular complexity index is 244. The molecule has 0 saturated carbocycles. The van der Waals surface area contributed by atoms with Gasteiger partial charge < -0.3 is 9.47 Å². The van der Waals surface area contributed by atoms with E-state index in [0.717, 1.165) is 5.57 Å². The fourth-order valence-corrected chi connectivity index (χ4v) is 1.35.